The zero-order valence-corrected chi connectivity index (χ0v) is 8.80. The summed E-state index contributed by atoms with van der Waals surface area (Å²) in [5.74, 6) is 0. The van der Waals surface area contributed by atoms with E-state index in [1.54, 1.807) is 11.3 Å². The van der Waals surface area contributed by atoms with Crippen LogP contribution in [-0.4, -0.2) is 11.3 Å². The van der Waals surface area contributed by atoms with Gasteiger partial charge < -0.3 is 5.11 Å². The number of aromatic nitrogens is 1. The second-order valence-electron chi connectivity index (χ2n) is 4.19. The normalized spacial score (nSPS) is 21.5. The summed E-state index contributed by atoms with van der Waals surface area (Å²) < 4.78 is 1.98. The lowest BCUT2D eigenvalue weighted by Gasteiger charge is -2.16. The molecule has 1 aliphatic heterocycles. The zero-order chi connectivity index (χ0) is 9.64. The quantitative estimate of drug-likeness (QED) is 0.601. The standard InChI is InChI=1S/C9H13N2OS/c1-9(2,3)6-7(12)10-8-11(6)4-5-13-8/h4-5,7,12H,1-3H3/q+1. The summed E-state index contributed by atoms with van der Waals surface area (Å²) in [7, 11) is 0. The maximum absolute atomic E-state index is 9.72. The van der Waals surface area contributed by atoms with E-state index in [1.165, 1.54) is 0 Å². The monoisotopic (exact) mass is 197 g/mol. The van der Waals surface area contributed by atoms with Crippen molar-refractivity contribution in [2.45, 2.75) is 27.0 Å². The van der Waals surface area contributed by atoms with Crippen LogP contribution in [0.25, 0.3) is 0 Å². The second-order valence-corrected chi connectivity index (χ2v) is 5.07. The first kappa shape index (κ1) is 8.84. The fourth-order valence-corrected chi connectivity index (χ4v) is 2.33. The molecule has 0 saturated carbocycles. The summed E-state index contributed by atoms with van der Waals surface area (Å²) >= 11 is 1.55. The van der Waals surface area contributed by atoms with Crippen molar-refractivity contribution in [3.63, 3.8) is 0 Å². The van der Waals surface area contributed by atoms with Gasteiger partial charge in [-0.25, -0.2) is 0 Å². The van der Waals surface area contributed by atoms with Gasteiger partial charge in [0.1, 0.15) is 6.20 Å². The van der Waals surface area contributed by atoms with E-state index in [-0.39, 0.29) is 5.41 Å². The number of hydrogen-bond donors (Lipinski definition) is 1. The van der Waals surface area contributed by atoms with Gasteiger partial charge in [-0.05, 0) is 4.99 Å². The molecule has 13 heavy (non-hydrogen) atoms. The molecule has 0 fully saturated rings. The highest BCUT2D eigenvalue weighted by atomic mass is 32.1. The summed E-state index contributed by atoms with van der Waals surface area (Å²) in [5.41, 5.74) is 0.920. The maximum atomic E-state index is 9.72. The van der Waals surface area contributed by atoms with Crippen molar-refractivity contribution in [2.24, 2.45) is 10.4 Å². The molecule has 0 aromatic carbocycles. The van der Waals surface area contributed by atoms with E-state index < -0.39 is 6.23 Å². The highest BCUT2D eigenvalue weighted by Gasteiger charge is 2.36. The molecule has 0 bridgehead atoms. The second kappa shape index (κ2) is 2.62. The Bertz CT molecular complexity index is 441. The molecule has 1 aromatic rings. The van der Waals surface area contributed by atoms with E-state index >= 15 is 0 Å². The smallest absolute Gasteiger partial charge is 0.346 e. The first-order chi connectivity index (χ1) is 6.00. The average Bonchev–Trinajstić information content (AvgIpc) is 2.41. The van der Waals surface area contributed by atoms with Crippen molar-refractivity contribution >= 4 is 11.3 Å². The Kier molecular flexibility index (Phi) is 1.78. The van der Waals surface area contributed by atoms with Crippen LogP contribution in [0.3, 0.4) is 0 Å². The van der Waals surface area contributed by atoms with Crippen LogP contribution in [0.2, 0.25) is 0 Å². The third-order valence-corrected chi connectivity index (χ3v) is 2.87. The first-order valence-corrected chi connectivity index (χ1v) is 5.14. The van der Waals surface area contributed by atoms with Gasteiger partial charge in [0.2, 0.25) is 0 Å². The predicted molar refractivity (Wildman–Crippen MR) is 49.8 cm³/mol. The van der Waals surface area contributed by atoms with Gasteiger partial charge in [-0.15, -0.1) is 0 Å². The van der Waals surface area contributed by atoms with Crippen molar-refractivity contribution in [2.75, 3.05) is 0 Å². The van der Waals surface area contributed by atoms with Gasteiger partial charge >= 0.3 is 4.80 Å². The topological polar surface area (TPSA) is 38.5 Å². The summed E-state index contributed by atoms with van der Waals surface area (Å²) in [6.07, 6.45) is 1.30. The molecule has 0 amide bonds. The van der Waals surface area contributed by atoms with E-state index in [4.69, 9.17) is 0 Å². The molecule has 1 atom stereocenters. The van der Waals surface area contributed by atoms with Crippen LogP contribution < -0.4 is 9.04 Å². The van der Waals surface area contributed by atoms with Gasteiger partial charge in [0.05, 0.1) is 0 Å². The van der Waals surface area contributed by atoms with Crippen LogP contribution in [0.1, 0.15) is 20.8 Å². The minimum atomic E-state index is -0.660. The highest BCUT2D eigenvalue weighted by Crippen LogP contribution is 2.24. The first-order valence-electron chi connectivity index (χ1n) is 4.26. The lowest BCUT2D eigenvalue weighted by atomic mass is 9.89. The molecular weight excluding hydrogens is 184 g/mol. The molecule has 1 N–H and O–H groups in total. The largest absolute Gasteiger partial charge is 0.384 e. The summed E-state index contributed by atoms with van der Waals surface area (Å²) in [6.45, 7) is 6.25. The fourth-order valence-electron chi connectivity index (χ4n) is 1.59. The van der Waals surface area contributed by atoms with E-state index in [1.807, 2.05) is 15.8 Å². The Morgan fingerprint density at radius 3 is 2.85 bits per heavy atom. The van der Waals surface area contributed by atoms with Crippen LogP contribution in [0, 0.1) is 11.1 Å². The number of fused-ring (bicyclic) bond motifs is 1. The third-order valence-electron chi connectivity index (χ3n) is 2.09. The average molecular weight is 197 g/mol. The van der Waals surface area contributed by atoms with Crippen molar-refractivity contribution in [1.29, 1.82) is 0 Å². The minimum Gasteiger partial charge on any atom is -0.346 e. The van der Waals surface area contributed by atoms with Crippen LogP contribution >= 0.6 is 11.3 Å². The number of thiazole rings is 1. The van der Waals surface area contributed by atoms with Gasteiger partial charge in [0, 0.05) is 10.8 Å². The molecule has 2 heterocycles. The molecule has 0 aliphatic carbocycles. The van der Waals surface area contributed by atoms with E-state index in [2.05, 4.69) is 25.8 Å². The fraction of sp³-hybridized carbons (Fsp3) is 0.556. The lowest BCUT2D eigenvalue weighted by Crippen LogP contribution is -2.38. The van der Waals surface area contributed by atoms with E-state index in [0.717, 1.165) is 10.5 Å². The number of rotatable bonds is 0. The summed E-state index contributed by atoms with van der Waals surface area (Å²) in [4.78, 5) is 5.05. The molecule has 3 nitrogen and oxygen atoms in total. The van der Waals surface area contributed by atoms with Gasteiger partial charge in [-0.3, -0.25) is 0 Å². The zero-order valence-electron chi connectivity index (χ0n) is 7.98. The van der Waals surface area contributed by atoms with Crippen molar-refractivity contribution < 1.29 is 9.35 Å². The minimum absolute atomic E-state index is 0.0418. The maximum Gasteiger partial charge on any atom is 0.384 e. The molecule has 2 rings (SSSR count). The van der Waals surface area contributed by atoms with E-state index in [0.29, 0.717) is 0 Å². The molecule has 0 saturated heterocycles. The predicted octanol–water partition coefficient (Wildman–Crippen LogP) is 0.413. The molecule has 1 aromatic heterocycles. The van der Waals surface area contributed by atoms with Gasteiger partial charge in [-0.1, -0.05) is 32.1 Å². The Labute approximate surface area is 80.7 Å². The molecular formula is C9H13N2OS+. The van der Waals surface area contributed by atoms with Crippen molar-refractivity contribution in [1.82, 2.24) is 0 Å². The Balaban J connectivity index is 2.75. The Morgan fingerprint density at radius 1 is 1.54 bits per heavy atom. The van der Waals surface area contributed by atoms with Gasteiger partial charge in [-0.2, -0.15) is 4.24 Å². The highest BCUT2D eigenvalue weighted by molar-refractivity contribution is 7.06. The third kappa shape index (κ3) is 1.30. The number of nitrogens with zero attached hydrogens (tertiary/aromatic N) is 2. The van der Waals surface area contributed by atoms with Crippen LogP contribution in [0.5, 0.6) is 0 Å². The van der Waals surface area contributed by atoms with Crippen LogP contribution in [-0.2, 0) is 0 Å². The van der Waals surface area contributed by atoms with Gasteiger partial charge in [0.15, 0.2) is 5.71 Å². The lowest BCUT2D eigenvalue weighted by molar-refractivity contribution is -0.538. The molecule has 0 spiro atoms. The van der Waals surface area contributed by atoms with Crippen molar-refractivity contribution in [3.05, 3.63) is 22.1 Å². The number of aliphatic hydroxyl groups excluding tert-OH is 1. The molecule has 4 heteroatoms. The molecule has 70 valence electrons. The summed E-state index contributed by atoms with van der Waals surface area (Å²) in [5, 5.41) is 11.7. The van der Waals surface area contributed by atoms with Crippen molar-refractivity contribution in [3.8, 4) is 0 Å². The van der Waals surface area contributed by atoms with E-state index in [9.17, 15) is 5.11 Å². The molecule has 1 aliphatic rings. The Morgan fingerprint density at radius 2 is 2.23 bits per heavy atom. The van der Waals surface area contributed by atoms with Crippen LogP contribution in [0.15, 0.2) is 16.6 Å². The molecule has 0 radical (unpaired) electrons. The van der Waals surface area contributed by atoms with Crippen LogP contribution in [0.4, 0.5) is 0 Å². The number of hydrogen-bond acceptors (Lipinski definition) is 3. The molecule has 1 unspecified atom stereocenters. The summed E-state index contributed by atoms with van der Waals surface area (Å²) in [6, 6.07) is 0. The van der Waals surface area contributed by atoms with Gasteiger partial charge in [0.25, 0.3) is 6.23 Å². The Hall–Kier alpha value is -0.740. The SMILES string of the molecule is CC(C)(C)C1=[n+]2ccsc2=NC1O. The number of aliphatic hydroxyl groups is 1.